The van der Waals surface area contributed by atoms with Crippen molar-refractivity contribution in [3.05, 3.63) is 119 Å². The van der Waals surface area contributed by atoms with E-state index in [0.717, 1.165) is 64.5 Å². The number of carboxylic acids is 1. The first-order valence-corrected chi connectivity index (χ1v) is 14.5. The van der Waals surface area contributed by atoms with Gasteiger partial charge in [-0.1, -0.05) is 71.9 Å². The fourth-order valence-electron chi connectivity index (χ4n) is 5.04. The minimum absolute atomic E-state index is 0.358. The standard InChI is InChI=1S/C33H27F3N4O.C2HF3O2/c1-20-31(21(2)41-40-20)27-5-3-4-23(16-27)19-37-18-22-6-8-24(9-7-22)25-10-12-26(13-11-25)32-38-29-15-14-28(33(34,35)36)17-30(29)39-32;3-2(4,5)1(6)7/h3-17,37H,18-19H2,1-2H3,(H,38,39);(H,6,7). The average molecular weight is 667 g/mol. The maximum atomic E-state index is 13.0. The van der Waals surface area contributed by atoms with Gasteiger partial charge in [-0.2, -0.15) is 26.3 Å². The molecule has 0 aliphatic heterocycles. The number of nitrogens with one attached hydrogen (secondary N) is 2. The van der Waals surface area contributed by atoms with Gasteiger partial charge in [0.15, 0.2) is 0 Å². The molecule has 13 heteroatoms. The van der Waals surface area contributed by atoms with E-state index in [9.17, 15) is 26.3 Å². The first kappa shape index (κ1) is 33.9. The summed E-state index contributed by atoms with van der Waals surface area (Å²) in [5, 5.41) is 14.7. The van der Waals surface area contributed by atoms with E-state index in [1.54, 1.807) is 0 Å². The van der Waals surface area contributed by atoms with Crippen LogP contribution in [0.5, 0.6) is 0 Å². The molecule has 0 radical (unpaired) electrons. The minimum Gasteiger partial charge on any atom is -0.475 e. The third-order valence-electron chi connectivity index (χ3n) is 7.40. The number of aryl methyl sites for hydroxylation is 2. The monoisotopic (exact) mass is 666 g/mol. The molecule has 2 heterocycles. The second-order valence-corrected chi connectivity index (χ2v) is 10.9. The van der Waals surface area contributed by atoms with E-state index in [0.29, 0.717) is 16.9 Å². The summed E-state index contributed by atoms with van der Waals surface area (Å²) in [6.07, 6.45) is -9.48. The van der Waals surface area contributed by atoms with E-state index in [1.165, 1.54) is 17.2 Å². The molecule has 248 valence electrons. The molecule has 0 saturated heterocycles. The van der Waals surface area contributed by atoms with Gasteiger partial charge in [0, 0.05) is 24.2 Å². The van der Waals surface area contributed by atoms with Gasteiger partial charge >= 0.3 is 18.3 Å². The van der Waals surface area contributed by atoms with Crippen molar-refractivity contribution < 1.29 is 40.8 Å². The smallest absolute Gasteiger partial charge is 0.475 e. The quantitative estimate of drug-likeness (QED) is 0.147. The fraction of sp³-hybridized carbons (Fsp3) is 0.171. The normalized spacial score (nSPS) is 11.8. The number of aliphatic carboxylic acids is 1. The molecule has 4 aromatic carbocycles. The Hall–Kier alpha value is -5.43. The number of aromatic nitrogens is 3. The summed E-state index contributed by atoms with van der Waals surface area (Å²) in [6.45, 7) is 5.35. The molecule has 48 heavy (non-hydrogen) atoms. The van der Waals surface area contributed by atoms with E-state index < -0.39 is 23.9 Å². The van der Waals surface area contributed by atoms with Crippen molar-refractivity contribution in [3.8, 4) is 33.6 Å². The summed E-state index contributed by atoms with van der Waals surface area (Å²) >= 11 is 0. The van der Waals surface area contributed by atoms with Crippen LogP contribution in [0.4, 0.5) is 26.3 Å². The van der Waals surface area contributed by atoms with E-state index in [-0.39, 0.29) is 0 Å². The van der Waals surface area contributed by atoms with Crippen molar-refractivity contribution in [3.63, 3.8) is 0 Å². The third-order valence-corrected chi connectivity index (χ3v) is 7.40. The van der Waals surface area contributed by atoms with E-state index in [2.05, 4.69) is 69.0 Å². The van der Waals surface area contributed by atoms with Gasteiger partial charge in [-0.05, 0) is 65.9 Å². The number of fused-ring (bicyclic) bond motifs is 1. The maximum Gasteiger partial charge on any atom is 0.490 e. The lowest BCUT2D eigenvalue weighted by Crippen LogP contribution is -2.21. The summed E-state index contributed by atoms with van der Waals surface area (Å²) in [5.74, 6) is -1.41. The fourth-order valence-corrected chi connectivity index (χ4v) is 5.04. The van der Waals surface area contributed by atoms with Crippen LogP contribution in [-0.4, -0.2) is 32.4 Å². The number of alkyl halides is 6. The van der Waals surface area contributed by atoms with Gasteiger partial charge in [0.05, 0.1) is 22.3 Å². The number of hydrogen-bond acceptors (Lipinski definition) is 5. The second-order valence-electron chi connectivity index (χ2n) is 10.9. The van der Waals surface area contributed by atoms with Crippen molar-refractivity contribution >= 4 is 17.0 Å². The second kappa shape index (κ2) is 13.7. The molecule has 0 unspecified atom stereocenters. The zero-order valence-corrected chi connectivity index (χ0v) is 25.5. The molecule has 0 bridgehead atoms. The molecule has 0 aliphatic carbocycles. The lowest BCUT2D eigenvalue weighted by Gasteiger charge is -2.09. The van der Waals surface area contributed by atoms with Gasteiger partial charge < -0.3 is 19.9 Å². The third kappa shape index (κ3) is 8.10. The lowest BCUT2D eigenvalue weighted by atomic mass is 10.0. The first-order valence-electron chi connectivity index (χ1n) is 14.5. The lowest BCUT2D eigenvalue weighted by molar-refractivity contribution is -0.192. The number of rotatable bonds is 7. The van der Waals surface area contributed by atoms with Gasteiger partial charge in [0.1, 0.15) is 11.6 Å². The predicted molar refractivity (Wildman–Crippen MR) is 168 cm³/mol. The van der Waals surface area contributed by atoms with E-state index in [4.69, 9.17) is 14.4 Å². The number of carbonyl (C=O) groups is 1. The highest BCUT2D eigenvalue weighted by Gasteiger charge is 2.38. The Bertz CT molecular complexity index is 2010. The summed E-state index contributed by atoms with van der Waals surface area (Å²) in [6, 6.07) is 28.1. The van der Waals surface area contributed by atoms with Crippen LogP contribution in [0.2, 0.25) is 0 Å². The van der Waals surface area contributed by atoms with Crippen LogP contribution in [0.25, 0.3) is 44.7 Å². The Kier molecular flexibility index (Phi) is 9.71. The minimum atomic E-state index is -5.08. The zero-order valence-electron chi connectivity index (χ0n) is 25.5. The maximum absolute atomic E-state index is 13.0. The number of carboxylic acid groups (broad SMARTS) is 1. The molecule has 0 fully saturated rings. The molecule has 3 N–H and O–H groups in total. The summed E-state index contributed by atoms with van der Waals surface area (Å²) in [5.41, 5.74) is 8.48. The zero-order chi connectivity index (χ0) is 34.6. The molecule has 6 rings (SSSR count). The number of aromatic amines is 1. The summed E-state index contributed by atoms with van der Waals surface area (Å²) in [7, 11) is 0. The first-order chi connectivity index (χ1) is 22.7. The number of hydrogen-bond donors (Lipinski definition) is 3. The molecule has 0 spiro atoms. The van der Waals surface area contributed by atoms with Crippen molar-refractivity contribution in [2.24, 2.45) is 0 Å². The predicted octanol–water partition coefficient (Wildman–Crippen LogP) is 9.11. The molecular formula is C35H28F6N4O3. The van der Waals surface area contributed by atoms with Crippen LogP contribution < -0.4 is 5.32 Å². The molecule has 0 amide bonds. The average Bonchev–Trinajstić information content (AvgIpc) is 3.63. The van der Waals surface area contributed by atoms with Crippen LogP contribution in [0, 0.1) is 13.8 Å². The van der Waals surface area contributed by atoms with E-state index in [1.807, 2.05) is 38.1 Å². The number of H-pyrrole nitrogens is 1. The number of halogens is 6. The van der Waals surface area contributed by atoms with Gasteiger partial charge in [0.25, 0.3) is 0 Å². The number of imidazole rings is 1. The molecule has 6 aromatic rings. The molecule has 2 aromatic heterocycles. The van der Waals surface area contributed by atoms with Crippen LogP contribution in [0.15, 0.2) is 95.5 Å². The molecule has 7 nitrogen and oxygen atoms in total. The number of benzene rings is 4. The van der Waals surface area contributed by atoms with Crippen LogP contribution in [-0.2, 0) is 24.1 Å². The molecule has 0 aliphatic rings. The number of nitrogens with zero attached hydrogens (tertiary/aromatic N) is 2. The van der Waals surface area contributed by atoms with Gasteiger partial charge in [-0.15, -0.1) is 0 Å². The van der Waals surface area contributed by atoms with E-state index >= 15 is 0 Å². The van der Waals surface area contributed by atoms with Gasteiger partial charge in [-0.25, -0.2) is 9.78 Å². The summed E-state index contributed by atoms with van der Waals surface area (Å²) < 4.78 is 76.2. The highest BCUT2D eigenvalue weighted by Crippen LogP contribution is 2.32. The molecule has 0 saturated carbocycles. The van der Waals surface area contributed by atoms with Crippen molar-refractivity contribution in [2.75, 3.05) is 0 Å². The summed E-state index contributed by atoms with van der Waals surface area (Å²) in [4.78, 5) is 16.4. The van der Waals surface area contributed by atoms with Crippen LogP contribution in [0.3, 0.4) is 0 Å². The Balaban J connectivity index is 0.000000582. The Morgan fingerprint density at radius 1 is 0.792 bits per heavy atom. The Labute approximate surface area is 270 Å². The molecule has 0 atom stereocenters. The van der Waals surface area contributed by atoms with Gasteiger partial charge in [0.2, 0.25) is 0 Å². The van der Waals surface area contributed by atoms with Crippen molar-refractivity contribution in [1.82, 2.24) is 20.4 Å². The SMILES string of the molecule is Cc1noc(C)c1-c1cccc(CNCc2ccc(-c3ccc(-c4nc5ccc(C(F)(F)F)cc5[nH]4)cc3)cc2)c1.O=C(O)C(F)(F)F. The van der Waals surface area contributed by atoms with Crippen LogP contribution >= 0.6 is 0 Å². The van der Waals surface area contributed by atoms with Crippen LogP contribution in [0.1, 0.15) is 28.1 Å². The van der Waals surface area contributed by atoms with Gasteiger partial charge in [-0.3, -0.25) is 0 Å². The van der Waals surface area contributed by atoms with Crippen molar-refractivity contribution in [2.45, 2.75) is 39.3 Å². The largest absolute Gasteiger partial charge is 0.490 e. The molecular weight excluding hydrogens is 638 g/mol. The Morgan fingerprint density at radius 2 is 1.40 bits per heavy atom. The highest BCUT2D eigenvalue weighted by atomic mass is 19.4. The Morgan fingerprint density at radius 3 is 1.98 bits per heavy atom. The topological polar surface area (TPSA) is 104 Å². The van der Waals surface area contributed by atoms with Crippen molar-refractivity contribution in [1.29, 1.82) is 0 Å². The highest BCUT2D eigenvalue weighted by molar-refractivity contribution is 5.80.